The van der Waals surface area contributed by atoms with Crippen molar-refractivity contribution < 1.29 is 9.53 Å². The summed E-state index contributed by atoms with van der Waals surface area (Å²) >= 11 is 3.39. The maximum atomic E-state index is 12.3. The van der Waals surface area contributed by atoms with Crippen LogP contribution < -0.4 is 4.74 Å². The summed E-state index contributed by atoms with van der Waals surface area (Å²) < 4.78 is 6.11. The minimum atomic E-state index is -0.0762. The Morgan fingerprint density at radius 2 is 1.87 bits per heavy atom. The van der Waals surface area contributed by atoms with Gasteiger partial charge in [-0.25, -0.2) is 4.98 Å². The summed E-state index contributed by atoms with van der Waals surface area (Å²) in [7, 11) is 1.57. The highest BCUT2D eigenvalue weighted by atomic mass is 79.9. The molecule has 0 spiro atoms. The number of pyridine rings is 1. The summed E-state index contributed by atoms with van der Waals surface area (Å²) in [6.45, 7) is 0. The van der Waals surface area contributed by atoms with Gasteiger partial charge in [0.05, 0.1) is 12.6 Å². The summed E-state index contributed by atoms with van der Waals surface area (Å²) in [4.78, 5) is 16.8. The number of nitrogens with zero attached hydrogens (tertiary/aromatic N) is 1. The second kappa shape index (κ2) is 6.75. The SMILES string of the molecule is COc1nc2ccccc2cc1C=CC(=O)c1ccccc1Br. The molecule has 23 heavy (non-hydrogen) atoms. The summed E-state index contributed by atoms with van der Waals surface area (Å²) in [5.41, 5.74) is 2.25. The van der Waals surface area contributed by atoms with E-state index in [1.165, 1.54) is 6.08 Å². The molecule has 0 unspecified atom stereocenters. The van der Waals surface area contributed by atoms with Crippen molar-refractivity contribution in [2.75, 3.05) is 7.11 Å². The van der Waals surface area contributed by atoms with Gasteiger partial charge in [0, 0.05) is 21.0 Å². The Morgan fingerprint density at radius 3 is 2.65 bits per heavy atom. The Kier molecular flexibility index (Phi) is 4.53. The molecule has 2 aromatic carbocycles. The second-order valence-corrected chi connectivity index (χ2v) is 5.81. The second-order valence-electron chi connectivity index (χ2n) is 4.96. The Bertz CT molecular complexity index is 903. The predicted molar refractivity (Wildman–Crippen MR) is 95.8 cm³/mol. The molecular weight excluding hydrogens is 354 g/mol. The lowest BCUT2D eigenvalue weighted by atomic mass is 10.1. The lowest BCUT2D eigenvalue weighted by molar-refractivity contribution is 0.104. The predicted octanol–water partition coefficient (Wildman–Crippen LogP) is 4.90. The van der Waals surface area contributed by atoms with Crippen molar-refractivity contribution in [3.63, 3.8) is 0 Å². The molecule has 1 aromatic heterocycles. The number of fused-ring (bicyclic) bond motifs is 1. The number of hydrogen-bond acceptors (Lipinski definition) is 3. The molecule has 0 atom stereocenters. The van der Waals surface area contributed by atoms with E-state index in [4.69, 9.17) is 4.74 Å². The molecule has 0 aliphatic rings. The first-order valence-electron chi connectivity index (χ1n) is 7.10. The molecule has 0 saturated carbocycles. The molecule has 3 nitrogen and oxygen atoms in total. The van der Waals surface area contributed by atoms with Gasteiger partial charge in [0.25, 0.3) is 0 Å². The van der Waals surface area contributed by atoms with Crippen LogP contribution in [0.4, 0.5) is 0 Å². The van der Waals surface area contributed by atoms with Gasteiger partial charge in [-0.15, -0.1) is 0 Å². The fourth-order valence-corrected chi connectivity index (χ4v) is 2.79. The first kappa shape index (κ1) is 15.4. The van der Waals surface area contributed by atoms with Crippen LogP contribution in [-0.4, -0.2) is 17.9 Å². The lowest BCUT2D eigenvalue weighted by Crippen LogP contribution is -1.96. The van der Waals surface area contributed by atoms with Crippen molar-refractivity contribution >= 4 is 38.7 Å². The number of rotatable bonds is 4. The summed E-state index contributed by atoms with van der Waals surface area (Å²) in [6.07, 6.45) is 3.27. The van der Waals surface area contributed by atoms with E-state index in [1.54, 1.807) is 19.3 Å². The number of benzene rings is 2. The van der Waals surface area contributed by atoms with Gasteiger partial charge >= 0.3 is 0 Å². The molecule has 1 heterocycles. The third-order valence-corrected chi connectivity index (χ3v) is 4.16. The topological polar surface area (TPSA) is 39.2 Å². The van der Waals surface area contributed by atoms with Gasteiger partial charge in [0.1, 0.15) is 0 Å². The Labute approximate surface area is 142 Å². The molecule has 0 aliphatic heterocycles. The van der Waals surface area contributed by atoms with E-state index in [0.29, 0.717) is 11.4 Å². The third kappa shape index (κ3) is 3.32. The monoisotopic (exact) mass is 367 g/mol. The molecule has 0 saturated heterocycles. The van der Waals surface area contributed by atoms with E-state index in [-0.39, 0.29) is 5.78 Å². The molecule has 0 amide bonds. The number of allylic oxidation sites excluding steroid dienone is 1. The highest BCUT2D eigenvalue weighted by molar-refractivity contribution is 9.10. The van der Waals surface area contributed by atoms with Crippen molar-refractivity contribution in [1.82, 2.24) is 4.98 Å². The van der Waals surface area contributed by atoms with Crippen LogP contribution in [0, 0.1) is 0 Å². The maximum absolute atomic E-state index is 12.3. The van der Waals surface area contributed by atoms with Gasteiger partial charge in [-0.05, 0) is 36.4 Å². The minimum Gasteiger partial charge on any atom is -0.481 e. The number of aromatic nitrogens is 1. The van der Waals surface area contributed by atoms with Gasteiger partial charge in [0.2, 0.25) is 5.88 Å². The van der Waals surface area contributed by atoms with Crippen LogP contribution in [0.1, 0.15) is 15.9 Å². The Morgan fingerprint density at radius 1 is 1.13 bits per heavy atom. The third-order valence-electron chi connectivity index (χ3n) is 3.46. The molecule has 3 aromatic rings. The van der Waals surface area contributed by atoms with Crippen molar-refractivity contribution in [3.05, 3.63) is 76.3 Å². The smallest absolute Gasteiger partial charge is 0.221 e. The number of ketones is 1. The van der Waals surface area contributed by atoms with E-state index in [9.17, 15) is 4.79 Å². The van der Waals surface area contributed by atoms with Gasteiger partial charge in [-0.3, -0.25) is 4.79 Å². The number of halogens is 1. The summed E-state index contributed by atoms with van der Waals surface area (Å²) in [5, 5.41) is 1.00. The van der Waals surface area contributed by atoms with Crippen molar-refractivity contribution in [2.24, 2.45) is 0 Å². The number of carbonyl (C=O) groups is 1. The van der Waals surface area contributed by atoms with Gasteiger partial charge in [-0.1, -0.05) is 46.3 Å². The van der Waals surface area contributed by atoms with Crippen LogP contribution in [0.2, 0.25) is 0 Å². The number of methoxy groups -OCH3 is 1. The zero-order valence-electron chi connectivity index (χ0n) is 12.5. The van der Waals surface area contributed by atoms with E-state index in [2.05, 4.69) is 20.9 Å². The molecule has 0 bridgehead atoms. The first-order chi connectivity index (χ1) is 11.2. The van der Waals surface area contributed by atoms with Gasteiger partial charge in [-0.2, -0.15) is 0 Å². The van der Waals surface area contributed by atoms with Crippen LogP contribution in [0.25, 0.3) is 17.0 Å². The average molecular weight is 368 g/mol. The zero-order chi connectivity index (χ0) is 16.2. The van der Waals surface area contributed by atoms with Gasteiger partial charge in [0.15, 0.2) is 5.78 Å². The number of carbonyl (C=O) groups excluding carboxylic acids is 1. The normalized spacial score (nSPS) is 11.0. The van der Waals surface area contributed by atoms with Crippen LogP contribution in [0.15, 0.2) is 65.1 Å². The molecule has 4 heteroatoms. The molecule has 0 aliphatic carbocycles. The van der Waals surface area contributed by atoms with Crippen molar-refractivity contribution in [3.8, 4) is 5.88 Å². The lowest BCUT2D eigenvalue weighted by Gasteiger charge is -2.06. The van der Waals surface area contributed by atoms with Crippen LogP contribution >= 0.6 is 15.9 Å². The molecule has 0 fully saturated rings. The molecule has 114 valence electrons. The molecular formula is C19H14BrNO2. The van der Waals surface area contributed by atoms with Crippen LogP contribution in [0.5, 0.6) is 5.88 Å². The van der Waals surface area contributed by atoms with Crippen molar-refractivity contribution in [1.29, 1.82) is 0 Å². The number of para-hydroxylation sites is 1. The van der Waals surface area contributed by atoms with Crippen LogP contribution in [0.3, 0.4) is 0 Å². The summed E-state index contributed by atoms with van der Waals surface area (Å²) in [5.74, 6) is 0.424. The number of ether oxygens (including phenoxy) is 1. The number of hydrogen-bond donors (Lipinski definition) is 0. The van der Waals surface area contributed by atoms with E-state index in [0.717, 1.165) is 20.9 Å². The molecule has 0 N–H and O–H groups in total. The highest BCUT2D eigenvalue weighted by Gasteiger charge is 2.08. The molecule has 3 rings (SSSR count). The highest BCUT2D eigenvalue weighted by Crippen LogP contribution is 2.24. The molecule has 0 radical (unpaired) electrons. The quantitative estimate of drug-likeness (QED) is 0.486. The van der Waals surface area contributed by atoms with E-state index < -0.39 is 0 Å². The van der Waals surface area contributed by atoms with Crippen LogP contribution in [-0.2, 0) is 0 Å². The van der Waals surface area contributed by atoms with E-state index >= 15 is 0 Å². The van der Waals surface area contributed by atoms with E-state index in [1.807, 2.05) is 48.5 Å². The fraction of sp³-hybridized carbons (Fsp3) is 0.0526. The standard InChI is InChI=1S/C19H14BrNO2/c1-23-19-14(12-13-6-2-5-9-17(13)21-19)10-11-18(22)15-7-3-4-8-16(15)20/h2-12H,1H3. The first-order valence-corrected chi connectivity index (χ1v) is 7.89. The average Bonchev–Trinajstić information content (AvgIpc) is 2.59. The largest absolute Gasteiger partial charge is 0.481 e. The van der Waals surface area contributed by atoms with Gasteiger partial charge < -0.3 is 4.74 Å². The minimum absolute atomic E-state index is 0.0762. The fourth-order valence-electron chi connectivity index (χ4n) is 2.31. The maximum Gasteiger partial charge on any atom is 0.221 e. The zero-order valence-corrected chi connectivity index (χ0v) is 14.1. The Balaban J connectivity index is 1.97. The summed E-state index contributed by atoms with van der Waals surface area (Å²) in [6, 6.07) is 17.1. The van der Waals surface area contributed by atoms with Crippen molar-refractivity contribution in [2.45, 2.75) is 0 Å². The Hall–Kier alpha value is -2.46.